The highest BCUT2D eigenvalue weighted by Crippen LogP contribution is 2.21. The molecular formula is C16H17BrN2S. The van der Waals surface area contributed by atoms with Gasteiger partial charge in [-0.25, -0.2) is 0 Å². The second kappa shape index (κ2) is 6.86. The zero-order valence-electron chi connectivity index (χ0n) is 11.3. The number of benzene rings is 2. The molecule has 0 amide bonds. The third kappa shape index (κ3) is 4.05. The van der Waals surface area contributed by atoms with Crippen LogP contribution < -0.4 is 11.1 Å². The van der Waals surface area contributed by atoms with Gasteiger partial charge in [0.1, 0.15) is 4.99 Å². The molecule has 0 fully saturated rings. The van der Waals surface area contributed by atoms with Gasteiger partial charge in [0.05, 0.1) is 0 Å². The SMILES string of the molecule is Cc1cccc(CCNc2ccc(Br)cc2C(N)=S)c1. The maximum absolute atomic E-state index is 5.76. The monoisotopic (exact) mass is 348 g/mol. The van der Waals surface area contributed by atoms with E-state index >= 15 is 0 Å². The number of anilines is 1. The minimum atomic E-state index is 0.407. The Hall–Kier alpha value is -1.39. The van der Waals surface area contributed by atoms with Gasteiger partial charge in [-0.05, 0) is 37.1 Å². The fourth-order valence-electron chi connectivity index (χ4n) is 2.08. The van der Waals surface area contributed by atoms with E-state index in [-0.39, 0.29) is 0 Å². The van der Waals surface area contributed by atoms with Gasteiger partial charge >= 0.3 is 0 Å². The van der Waals surface area contributed by atoms with Gasteiger partial charge in [-0.15, -0.1) is 0 Å². The summed E-state index contributed by atoms with van der Waals surface area (Å²) in [7, 11) is 0. The summed E-state index contributed by atoms with van der Waals surface area (Å²) >= 11 is 8.52. The van der Waals surface area contributed by atoms with Crippen LogP contribution in [0.4, 0.5) is 5.69 Å². The van der Waals surface area contributed by atoms with E-state index in [1.54, 1.807) is 0 Å². The summed E-state index contributed by atoms with van der Waals surface area (Å²) in [6, 6.07) is 14.5. The molecule has 3 N–H and O–H groups in total. The van der Waals surface area contributed by atoms with Crippen LogP contribution >= 0.6 is 28.1 Å². The van der Waals surface area contributed by atoms with Crippen LogP contribution in [-0.2, 0) is 6.42 Å². The predicted octanol–water partition coefficient (Wildman–Crippen LogP) is 4.05. The molecule has 2 nitrogen and oxygen atoms in total. The van der Waals surface area contributed by atoms with Gasteiger partial charge in [-0.3, -0.25) is 0 Å². The molecule has 0 bridgehead atoms. The van der Waals surface area contributed by atoms with Crippen LogP contribution in [0.5, 0.6) is 0 Å². The van der Waals surface area contributed by atoms with Crippen LogP contribution in [0.2, 0.25) is 0 Å². The van der Waals surface area contributed by atoms with Gasteiger partial charge in [0.15, 0.2) is 0 Å². The minimum absolute atomic E-state index is 0.407. The molecule has 0 aliphatic carbocycles. The maximum Gasteiger partial charge on any atom is 0.106 e. The number of nitrogens with one attached hydrogen (secondary N) is 1. The minimum Gasteiger partial charge on any atom is -0.389 e. The van der Waals surface area contributed by atoms with Crippen molar-refractivity contribution in [3.8, 4) is 0 Å². The zero-order chi connectivity index (χ0) is 14.5. The summed E-state index contributed by atoms with van der Waals surface area (Å²) in [5.41, 5.74) is 10.2. The molecule has 2 aromatic rings. The highest BCUT2D eigenvalue weighted by atomic mass is 79.9. The normalized spacial score (nSPS) is 10.3. The number of nitrogens with two attached hydrogens (primary N) is 1. The molecule has 0 saturated carbocycles. The maximum atomic E-state index is 5.76. The molecule has 104 valence electrons. The first-order chi connectivity index (χ1) is 9.56. The van der Waals surface area contributed by atoms with Crippen molar-refractivity contribution in [3.63, 3.8) is 0 Å². The average molecular weight is 349 g/mol. The topological polar surface area (TPSA) is 38.0 Å². The van der Waals surface area contributed by atoms with Crippen LogP contribution in [0.15, 0.2) is 46.9 Å². The van der Waals surface area contributed by atoms with Gasteiger partial charge in [0.2, 0.25) is 0 Å². The number of hydrogen-bond acceptors (Lipinski definition) is 2. The summed E-state index contributed by atoms with van der Waals surface area (Å²) in [5.74, 6) is 0. The Morgan fingerprint density at radius 3 is 2.75 bits per heavy atom. The number of aryl methyl sites for hydroxylation is 1. The predicted molar refractivity (Wildman–Crippen MR) is 93.4 cm³/mol. The molecule has 20 heavy (non-hydrogen) atoms. The smallest absolute Gasteiger partial charge is 0.106 e. The fourth-order valence-corrected chi connectivity index (χ4v) is 2.61. The molecule has 0 saturated heterocycles. The Morgan fingerprint density at radius 1 is 1.25 bits per heavy atom. The Balaban J connectivity index is 2.02. The molecule has 2 aromatic carbocycles. The highest BCUT2D eigenvalue weighted by Gasteiger charge is 2.05. The second-order valence-electron chi connectivity index (χ2n) is 4.72. The molecule has 0 unspecified atom stereocenters. The molecule has 0 spiro atoms. The third-order valence-corrected chi connectivity index (χ3v) is 3.77. The Kier molecular flexibility index (Phi) is 5.15. The van der Waals surface area contributed by atoms with E-state index in [4.69, 9.17) is 18.0 Å². The lowest BCUT2D eigenvalue weighted by Crippen LogP contribution is -2.14. The van der Waals surface area contributed by atoms with Crippen molar-refractivity contribution in [2.24, 2.45) is 5.73 Å². The van der Waals surface area contributed by atoms with Crippen LogP contribution in [-0.4, -0.2) is 11.5 Å². The fraction of sp³-hybridized carbons (Fsp3) is 0.188. The van der Waals surface area contributed by atoms with Crippen molar-refractivity contribution in [1.82, 2.24) is 0 Å². The summed E-state index contributed by atoms with van der Waals surface area (Å²) in [5, 5.41) is 3.40. The number of rotatable bonds is 5. The second-order valence-corrected chi connectivity index (χ2v) is 6.08. The molecule has 0 atom stereocenters. The molecule has 0 aliphatic rings. The van der Waals surface area contributed by atoms with Crippen molar-refractivity contribution in [3.05, 3.63) is 63.6 Å². The molecule has 0 heterocycles. The number of halogens is 1. The van der Waals surface area contributed by atoms with E-state index < -0.39 is 0 Å². The summed E-state index contributed by atoms with van der Waals surface area (Å²) < 4.78 is 0.976. The lowest BCUT2D eigenvalue weighted by molar-refractivity contribution is 1.02. The molecule has 4 heteroatoms. The van der Waals surface area contributed by atoms with Crippen LogP contribution in [0, 0.1) is 6.92 Å². The van der Waals surface area contributed by atoms with Gasteiger partial charge < -0.3 is 11.1 Å². The van der Waals surface area contributed by atoms with E-state index in [9.17, 15) is 0 Å². The quantitative estimate of drug-likeness (QED) is 0.800. The summed E-state index contributed by atoms with van der Waals surface area (Å²) in [6.07, 6.45) is 0.967. The Morgan fingerprint density at radius 2 is 2.05 bits per heavy atom. The average Bonchev–Trinajstić information content (AvgIpc) is 2.40. The van der Waals surface area contributed by atoms with Crippen molar-refractivity contribution in [2.75, 3.05) is 11.9 Å². The van der Waals surface area contributed by atoms with E-state index in [0.717, 1.165) is 28.7 Å². The van der Waals surface area contributed by atoms with Crippen molar-refractivity contribution >= 4 is 38.8 Å². The van der Waals surface area contributed by atoms with Crippen LogP contribution in [0.25, 0.3) is 0 Å². The lowest BCUT2D eigenvalue weighted by Gasteiger charge is -2.12. The zero-order valence-corrected chi connectivity index (χ0v) is 13.7. The van der Waals surface area contributed by atoms with Gasteiger partial charge in [-0.1, -0.05) is 58.0 Å². The first-order valence-electron chi connectivity index (χ1n) is 6.45. The largest absolute Gasteiger partial charge is 0.389 e. The molecule has 0 radical (unpaired) electrons. The van der Waals surface area contributed by atoms with E-state index in [2.05, 4.69) is 52.4 Å². The van der Waals surface area contributed by atoms with E-state index in [1.807, 2.05) is 18.2 Å². The first kappa shape index (κ1) is 15.0. The number of thiocarbonyl (C=S) groups is 1. The number of hydrogen-bond donors (Lipinski definition) is 2. The third-order valence-electron chi connectivity index (χ3n) is 3.06. The Labute approximate surface area is 133 Å². The van der Waals surface area contributed by atoms with E-state index in [0.29, 0.717) is 4.99 Å². The van der Waals surface area contributed by atoms with Crippen molar-refractivity contribution < 1.29 is 0 Å². The molecule has 2 rings (SSSR count). The lowest BCUT2D eigenvalue weighted by atomic mass is 10.1. The van der Waals surface area contributed by atoms with E-state index in [1.165, 1.54) is 11.1 Å². The Bertz CT molecular complexity index is 626. The van der Waals surface area contributed by atoms with Crippen molar-refractivity contribution in [1.29, 1.82) is 0 Å². The summed E-state index contributed by atoms with van der Waals surface area (Å²) in [6.45, 7) is 2.96. The first-order valence-corrected chi connectivity index (χ1v) is 7.65. The van der Waals surface area contributed by atoms with Gasteiger partial charge in [0, 0.05) is 22.3 Å². The van der Waals surface area contributed by atoms with Crippen molar-refractivity contribution in [2.45, 2.75) is 13.3 Å². The summed E-state index contributed by atoms with van der Waals surface area (Å²) in [4.78, 5) is 0.407. The van der Waals surface area contributed by atoms with Gasteiger partial charge in [-0.2, -0.15) is 0 Å². The molecular weight excluding hydrogens is 332 g/mol. The standard InChI is InChI=1S/C16H17BrN2S/c1-11-3-2-4-12(9-11)7-8-19-15-6-5-13(17)10-14(15)16(18)20/h2-6,9-10,19H,7-8H2,1H3,(H2,18,20). The van der Waals surface area contributed by atoms with Crippen LogP contribution in [0.3, 0.4) is 0 Å². The molecule has 0 aromatic heterocycles. The highest BCUT2D eigenvalue weighted by molar-refractivity contribution is 9.10. The van der Waals surface area contributed by atoms with Crippen LogP contribution in [0.1, 0.15) is 16.7 Å². The van der Waals surface area contributed by atoms with Gasteiger partial charge in [0.25, 0.3) is 0 Å². The molecule has 0 aliphatic heterocycles.